The predicted octanol–water partition coefficient (Wildman–Crippen LogP) is 3.15. The van der Waals surface area contributed by atoms with E-state index < -0.39 is 11.8 Å². The monoisotopic (exact) mass is 323 g/mol. The molecule has 0 radical (unpaired) electrons. The number of nitrogens with two attached hydrogens (primary N) is 1. The van der Waals surface area contributed by atoms with Crippen molar-refractivity contribution in [2.75, 3.05) is 16.4 Å². The maximum Gasteiger partial charge on any atom is 0.314 e. The molecule has 0 aliphatic rings. The molecule has 0 bridgehead atoms. The Kier molecular flexibility index (Phi) is 4.67. The van der Waals surface area contributed by atoms with E-state index in [2.05, 4.69) is 10.6 Å². The van der Waals surface area contributed by atoms with Crippen LogP contribution in [0.3, 0.4) is 0 Å². The van der Waals surface area contributed by atoms with Crippen molar-refractivity contribution in [1.29, 1.82) is 0 Å². The number of halogens is 2. The van der Waals surface area contributed by atoms with E-state index in [0.717, 1.165) is 0 Å². The Morgan fingerprint density at radius 3 is 2.24 bits per heavy atom. The molecule has 4 N–H and O–H groups in total. The summed E-state index contributed by atoms with van der Waals surface area (Å²) in [6.45, 7) is 0. The van der Waals surface area contributed by atoms with E-state index >= 15 is 0 Å². The number of hydrogen-bond acceptors (Lipinski definition) is 3. The number of para-hydroxylation sites is 1. The second-order valence-corrected chi connectivity index (χ2v) is 4.94. The summed E-state index contributed by atoms with van der Waals surface area (Å²) in [5.74, 6) is -1.67. The molecule has 0 heterocycles. The Balaban J connectivity index is 2.04. The summed E-state index contributed by atoms with van der Waals surface area (Å²) in [6, 6.07) is 11.1. The third kappa shape index (κ3) is 3.87. The number of carbonyl (C=O) groups excluding carboxylic acids is 2. The van der Waals surface area contributed by atoms with Gasteiger partial charge >= 0.3 is 11.8 Å². The molecule has 2 amide bonds. The molecule has 2 rings (SSSR count). The first-order valence-electron chi connectivity index (χ1n) is 5.89. The van der Waals surface area contributed by atoms with Gasteiger partial charge in [0.1, 0.15) is 0 Å². The van der Waals surface area contributed by atoms with Crippen LogP contribution in [0.1, 0.15) is 0 Å². The van der Waals surface area contributed by atoms with Gasteiger partial charge in [-0.15, -0.1) is 0 Å². The number of amides is 2. The summed E-state index contributed by atoms with van der Waals surface area (Å²) in [6.07, 6.45) is 0. The van der Waals surface area contributed by atoms with Gasteiger partial charge in [0.05, 0.1) is 21.4 Å². The van der Waals surface area contributed by atoms with Crippen molar-refractivity contribution in [3.05, 3.63) is 52.5 Å². The van der Waals surface area contributed by atoms with Crippen molar-refractivity contribution >= 4 is 52.1 Å². The standard InChI is InChI=1S/C14H11Cl2N3O2/c15-9-3-1-2-4-12(9)19-14(21)13(20)18-8-5-6-11(17)10(16)7-8/h1-7H,17H2,(H,18,20)(H,19,21). The van der Waals surface area contributed by atoms with Crippen molar-refractivity contribution in [1.82, 2.24) is 0 Å². The number of rotatable bonds is 2. The van der Waals surface area contributed by atoms with Gasteiger partial charge < -0.3 is 16.4 Å². The van der Waals surface area contributed by atoms with Crippen molar-refractivity contribution < 1.29 is 9.59 Å². The summed E-state index contributed by atoms with van der Waals surface area (Å²) >= 11 is 11.7. The molecular formula is C14H11Cl2N3O2. The molecule has 0 fully saturated rings. The summed E-state index contributed by atoms with van der Waals surface area (Å²) in [4.78, 5) is 23.6. The minimum Gasteiger partial charge on any atom is -0.398 e. The molecule has 0 unspecified atom stereocenters. The number of nitrogens with one attached hydrogen (secondary N) is 2. The number of nitrogen functional groups attached to an aromatic ring is 1. The van der Waals surface area contributed by atoms with Crippen LogP contribution < -0.4 is 16.4 Å². The topological polar surface area (TPSA) is 84.2 Å². The zero-order chi connectivity index (χ0) is 15.4. The molecule has 0 saturated heterocycles. The van der Waals surface area contributed by atoms with Gasteiger partial charge in [-0.25, -0.2) is 0 Å². The van der Waals surface area contributed by atoms with Crippen LogP contribution in [0.2, 0.25) is 10.0 Å². The molecule has 21 heavy (non-hydrogen) atoms. The lowest BCUT2D eigenvalue weighted by Gasteiger charge is -2.08. The Hall–Kier alpha value is -2.24. The van der Waals surface area contributed by atoms with Crippen molar-refractivity contribution in [2.45, 2.75) is 0 Å². The van der Waals surface area contributed by atoms with E-state index in [4.69, 9.17) is 28.9 Å². The number of carbonyl (C=O) groups is 2. The maximum absolute atomic E-state index is 11.8. The summed E-state index contributed by atoms with van der Waals surface area (Å²) < 4.78 is 0. The largest absolute Gasteiger partial charge is 0.398 e. The van der Waals surface area contributed by atoms with Crippen LogP contribution in [-0.4, -0.2) is 11.8 Å². The number of benzene rings is 2. The Morgan fingerprint density at radius 2 is 1.57 bits per heavy atom. The third-order valence-corrected chi connectivity index (χ3v) is 3.24. The van der Waals surface area contributed by atoms with E-state index in [9.17, 15) is 9.59 Å². The molecule has 2 aromatic carbocycles. The lowest BCUT2D eigenvalue weighted by Crippen LogP contribution is -2.29. The molecule has 108 valence electrons. The fraction of sp³-hybridized carbons (Fsp3) is 0. The van der Waals surface area contributed by atoms with Crippen LogP contribution in [0.25, 0.3) is 0 Å². The molecular weight excluding hydrogens is 313 g/mol. The normalized spacial score (nSPS) is 10.0. The highest BCUT2D eigenvalue weighted by molar-refractivity contribution is 6.45. The van der Waals surface area contributed by atoms with Crippen LogP contribution >= 0.6 is 23.2 Å². The number of hydrogen-bond donors (Lipinski definition) is 3. The predicted molar refractivity (Wildman–Crippen MR) is 84.6 cm³/mol. The quantitative estimate of drug-likeness (QED) is 0.586. The van der Waals surface area contributed by atoms with Crippen molar-refractivity contribution in [2.24, 2.45) is 0 Å². The fourth-order valence-electron chi connectivity index (χ4n) is 1.53. The minimum atomic E-state index is -0.837. The van der Waals surface area contributed by atoms with Gasteiger partial charge in [0.25, 0.3) is 0 Å². The van der Waals surface area contributed by atoms with Crippen molar-refractivity contribution in [3.63, 3.8) is 0 Å². The van der Waals surface area contributed by atoms with E-state index in [1.807, 2.05) is 0 Å². The Morgan fingerprint density at radius 1 is 0.905 bits per heavy atom. The Labute approximate surface area is 131 Å². The summed E-state index contributed by atoms with van der Waals surface area (Å²) in [5.41, 5.74) is 6.67. The molecule has 0 saturated carbocycles. The van der Waals surface area contributed by atoms with E-state index in [0.29, 0.717) is 27.1 Å². The highest BCUT2D eigenvalue weighted by atomic mass is 35.5. The molecule has 0 aliphatic heterocycles. The van der Waals surface area contributed by atoms with Gasteiger partial charge in [0, 0.05) is 5.69 Å². The van der Waals surface area contributed by atoms with E-state index in [1.54, 1.807) is 30.3 Å². The Bertz CT molecular complexity index is 704. The second kappa shape index (κ2) is 6.47. The van der Waals surface area contributed by atoms with Gasteiger partial charge in [0.15, 0.2) is 0 Å². The first-order chi connectivity index (χ1) is 9.97. The first-order valence-corrected chi connectivity index (χ1v) is 6.65. The average Bonchev–Trinajstić information content (AvgIpc) is 2.45. The molecule has 7 heteroatoms. The molecule has 0 aliphatic carbocycles. The average molecular weight is 324 g/mol. The smallest absolute Gasteiger partial charge is 0.314 e. The highest BCUT2D eigenvalue weighted by Gasteiger charge is 2.15. The van der Waals surface area contributed by atoms with Crippen LogP contribution in [-0.2, 0) is 9.59 Å². The molecule has 2 aromatic rings. The molecule has 0 spiro atoms. The van der Waals surface area contributed by atoms with Gasteiger partial charge in [-0.1, -0.05) is 35.3 Å². The minimum absolute atomic E-state index is 0.291. The van der Waals surface area contributed by atoms with Crippen LogP contribution in [0.5, 0.6) is 0 Å². The van der Waals surface area contributed by atoms with Crippen LogP contribution in [0.4, 0.5) is 17.1 Å². The van der Waals surface area contributed by atoms with Gasteiger partial charge in [0.2, 0.25) is 0 Å². The molecule has 0 aromatic heterocycles. The lowest BCUT2D eigenvalue weighted by atomic mass is 10.3. The lowest BCUT2D eigenvalue weighted by molar-refractivity contribution is -0.132. The van der Waals surface area contributed by atoms with Crippen molar-refractivity contribution in [3.8, 4) is 0 Å². The SMILES string of the molecule is Nc1ccc(NC(=O)C(=O)Nc2ccccc2Cl)cc1Cl. The summed E-state index contributed by atoms with van der Waals surface area (Å²) in [5, 5.41) is 5.46. The zero-order valence-corrected chi connectivity index (χ0v) is 12.2. The summed E-state index contributed by atoms with van der Waals surface area (Å²) in [7, 11) is 0. The van der Waals surface area contributed by atoms with E-state index in [-0.39, 0.29) is 0 Å². The van der Waals surface area contributed by atoms with Gasteiger partial charge in [-0.3, -0.25) is 9.59 Å². The maximum atomic E-state index is 11.8. The zero-order valence-electron chi connectivity index (χ0n) is 10.7. The van der Waals surface area contributed by atoms with Gasteiger partial charge in [-0.05, 0) is 30.3 Å². The van der Waals surface area contributed by atoms with Crippen LogP contribution in [0.15, 0.2) is 42.5 Å². The third-order valence-electron chi connectivity index (χ3n) is 2.59. The fourth-order valence-corrected chi connectivity index (χ4v) is 1.90. The second-order valence-electron chi connectivity index (χ2n) is 4.12. The van der Waals surface area contributed by atoms with E-state index in [1.165, 1.54) is 12.1 Å². The molecule has 0 atom stereocenters. The number of anilines is 3. The first kappa shape index (κ1) is 15.2. The molecule has 5 nitrogen and oxygen atoms in total. The highest BCUT2D eigenvalue weighted by Crippen LogP contribution is 2.23. The van der Waals surface area contributed by atoms with Gasteiger partial charge in [-0.2, -0.15) is 0 Å². The van der Waals surface area contributed by atoms with Crippen LogP contribution in [0, 0.1) is 0 Å².